The average Bonchev–Trinajstić information content (AvgIpc) is 2.70. The second-order valence-electron chi connectivity index (χ2n) is 4.85. The lowest BCUT2D eigenvalue weighted by molar-refractivity contribution is 0.196. The summed E-state index contributed by atoms with van der Waals surface area (Å²) in [5, 5.41) is 10.7. The summed E-state index contributed by atoms with van der Waals surface area (Å²) in [7, 11) is 0. The van der Waals surface area contributed by atoms with Crippen molar-refractivity contribution >= 4 is 39.1 Å². The zero-order valence-electron chi connectivity index (χ0n) is 12.1. The third kappa shape index (κ3) is 3.06. The summed E-state index contributed by atoms with van der Waals surface area (Å²) >= 11 is 3.30. The fraction of sp³-hybridized carbons (Fsp3) is 0.538. The number of fused-ring (bicyclic) bond motifs is 1. The van der Waals surface area contributed by atoms with Crippen molar-refractivity contribution in [1.29, 1.82) is 0 Å². The predicted molar refractivity (Wildman–Crippen MR) is 87.1 cm³/mol. The summed E-state index contributed by atoms with van der Waals surface area (Å²) in [6.45, 7) is 7.92. The molecule has 7 heteroatoms. The Morgan fingerprint density at radius 2 is 2.05 bits per heavy atom. The van der Waals surface area contributed by atoms with Gasteiger partial charge in [0.25, 0.3) is 0 Å². The van der Waals surface area contributed by atoms with Crippen LogP contribution in [0.25, 0.3) is 10.2 Å². The molecule has 0 fully saturated rings. The Labute approximate surface area is 127 Å². The maximum atomic E-state index is 9.52. The number of aryl methyl sites for hydroxylation is 2. The van der Waals surface area contributed by atoms with Crippen LogP contribution in [-0.2, 0) is 5.75 Å². The molecule has 20 heavy (non-hydrogen) atoms. The van der Waals surface area contributed by atoms with Crippen molar-refractivity contribution in [2.45, 2.75) is 44.8 Å². The van der Waals surface area contributed by atoms with E-state index in [1.54, 1.807) is 30.0 Å². The molecule has 2 aromatic rings. The largest absolute Gasteiger partial charge is 0.392 e. The SMILES string of the molecule is Cc1sc2nc(CSC(C)C(C)O)nc(NN)c2c1C. The second kappa shape index (κ2) is 6.26. The van der Waals surface area contributed by atoms with Crippen molar-refractivity contribution < 1.29 is 5.11 Å². The number of hydrogen-bond donors (Lipinski definition) is 3. The molecule has 2 unspecified atom stereocenters. The van der Waals surface area contributed by atoms with E-state index in [-0.39, 0.29) is 11.4 Å². The molecule has 0 saturated heterocycles. The Bertz CT molecular complexity index is 612. The molecule has 2 rings (SSSR count). The Morgan fingerprint density at radius 3 is 2.65 bits per heavy atom. The summed E-state index contributed by atoms with van der Waals surface area (Å²) in [5.74, 6) is 7.66. The van der Waals surface area contributed by atoms with Crippen LogP contribution in [0.5, 0.6) is 0 Å². The molecule has 0 aliphatic rings. The van der Waals surface area contributed by atoms with Crippen LogP contribution in [0, 0.1) is 13.8 Å². The van der Waals surface area contributed by atoms with Gasteiger partial charge in [0.05, 0.1) is 17.2 Å². The Kier molecular flexibility index (Phi) is 4.85. The van der Waals surface area contributed by atoms with Crippen molar-refractivity contribution in [3.05, 3.63) is 16.3 Å². The van der Waals surface area contributed by atoms with Gasteiger partial charge < -0.3 is 10.5 Å². The van der Waals surface area contributed by atoms with Crippen LogP contribution in [0.4, 0.5) is 5.82 Å². The summed E-state index contributed by atoms with van der Waals surface area (Å²) in [6, 6.07) is 0. The van der Waals surface area contributed by atoms with Gasteiger partial charge in [0, 0.05) is 10.1 Å². The number of nitrogens with zero attached hydrogens (tertiary/aromatic N) is 2. The quantitative estimate of drug-likeness (QED) is 0.581. The van der Waals surface area contributed by atoms with Gasteiger partial charge in [-0.2, -0.15) is 0 Å². The summed E-state index contributed by atoms with van der Waals surface area (Å²) in [5.41, 5.74) is 3.85. The second-order valence-corrected chi connectivity index (χ2v) is 7.42. The molecule has 5 nitrogen and oxygen atoms in total. The van der Waals surface area contributed by atoms with Crippen LogP contribution >= 0.6 is 23.1 Å². The molecule has 0 saturated carbocycles. The van der Waals surface area contributed by atoms with Crippen molar-refractivity contribution in [1.82, 2.24) is 9.97 Å². The monoisotopic (exact) mass is 312 g/mol. The van der Waals surface area contributed by atoms with E-state index in [4.69, 9.17) is 5.84 Å². The van der Waals surface area contributed by atoms with Gasteiger partial charge in [0.1, 0.15) is 10.7 Å². The highest BCUT2D eigenvalue weighted by Gasteiger charge is 2.15. The molecule has 0 aliphatic carbocycles. The van der Waals surface area contributed by atoms with E-state index in [0.29, 0.717) is 11.6 Å². The minimum Gasteiger partial charge on any atom is -0.392 e. The zero-order valence-corrected chi connectivity index (χ0v) is 13.7. The van der Waals surface area contributed by atoms with E-state index in [0.717, 1.165) is 16.0 Å². The minimum atomic E-state index is -0.345. The molecule has 0 amide bonds. The number of nitrogens with one attached hydrogen (secondary N) is 1. The molecule has 0 aliphatic heterocycles. The van der Waals surface area contributed by atoms with Crippen molar-refractivity contribution in [3.8, 4) is 0 Å². The molecule has 0 spiro atoms. The first-order chi connectivity index (χ1) is 9.43. The molecule has 0 aromatic carbocycles. The van der Waals surface area contributed by atoms with Crippen LogP contribution in [0.3, 0.4) is 0 Å². The summed E-state index contributed by atoms with van der Waals surface area (Å²) in [6.07, 6.45) is -0.345. The van der Waals surface area contributed by atoms with Gasteiger partial charge in [-0.1, -0.05) is 6.92 Å². The smallest absolute Gasteiger partial charge is 0.152 e. The fourth-order valence-corrected chi connectivity index (χ4v) is 3.68. The topological polar surface area (TPSA) is 84.1 Å². The first kappa shape index (κ1) is 15.5. The van der Waals surface area contributed by atoms with E-state index in [1.807, 2.05) is 6.92 Å². The first-order valence-corrected chi connectivity index (χ1v) is 8.33. The maximum absolute atomic E-state index is 9.52. The van der Waals surface area contributed by atoms with Crippen molar-refractivity contribution in [2.75, 3.05) is 5.43 Å². The van der Waals surface area contributed by atoms with Crippen molar-refractivity contribution in [3.63, 3.8) is 0 Å². The van der Waals surface area contributed by atoms with Crippen LogP contribution in [0.2, 0.25) is 0 Å². The van der Waals surface area contributed by atoms with Gasteiger partial charge in [-0.3, -0.25) is 0 Å². The fourth-order valence-electron chi connectivity index (χ4n) is 1.81. The van der Waals surface area contributed by atoms with Gasteiger partial charge >= 0.3 is 0 Å². The number of rotatable bonds is 5. The molecule has 2 atom stereocenters. The van der Waals surface area contributed by atoms with Crippen LogP contribution < -0.4 is 11.3 Å². The number of hydrazine groups is 1. The molecule has 2 heterocycles. The maximum Gasteiger partial charge on any atom is 0.152 e. The predicted octanol–water partition coefficient (Wildman–Crippen LogP) is 2.60. The molecule has 2 aromatic heterocycles. The third-order valence-corrected chi connectivity index (χ3v) is 5.81. The zero-order chi connectivity index (χ0) is 14.9. The van der Waals surface area contributed by atoms with E-state index in [2.05, 4.69) is 29.2 Å². The van der Waals surface area contributed by atoms with Crippen LogP contribution in [-0.4, -0.2) is 26.4 Å². The summed E-state index contributed by atoms with van der Waals surface area (Å²) < 4.78 is 0. The molecular weight excluding hydrogens is 292 g/mol. The lowest BCUT2D eigenvalue weighted by atomic mass is 10.2. The Morgan fingerprint density at radius 1 is 1.35 bits per heavy atom. The van der Waals surface area contributed by atoms with Gasteiger partial charge in [-0.15, -0.1) is 23.1 Å². The third-order valence-electron chi connectivity index (χ3n) is 3.37. The van der Waals surface area contributed by atoms with E-state index in [1.165, 1.54) is 10.4 Å². The standard InChI is InChI=1S/C13H20N4OS2/c1-6-8(3)20-13-11(6)12(17-14)15-10(16-13)5-19-9(4)7(2)18/h7,9,18H,5,14H2,1-4H3,(H,15,16,17). The molecule has 110 valence electrons. The highest BCUT2D eigenvalue weighted by atomic mass is 32.2. The van der Waals surface area contributed by atoms with E-state index < -0.39 is 0 Å². The molecule has 4 N–H and O–H groups in total. The lowest BCUT2D eigenvalue weighted by Crippen LogP contribution is -2.16. The summed E-state index contributed by atoms with van der Waals surface area (Å²) in [4.78, 5) is 11.3. The molecule has 0 radical (unpaired) electrons. The van der Waals surface area contributed by atoms with Gasteiger partial charge in [0.2, 0.25) is 0 Å². The highest BCUT2D eigenvalue weighted by molar-refractivity contribution is 7.99. The Hall–Kier alpha value is -0.890. The number of aliphatic hydroxyl groups is 1. The number of nitrogens with two attached hydrogens (primary N) is 1. The lowest BCUT2D eigenvalue weighted by Gasteiger charge is -2.13. The number of aliphatic hydroxyl groups excluding tert-OH is 1. The van der Waals surface area contributed by atoms with Crippen LogP contribution in [0.15, 0.2) is 0 Å². The number of hydrogen-bond acceptors (Lipinski definition) is 7. The van der Waals surface area contributed by atoms with E-state index in [9.17, 15) is 5.11 Å². The number of thioether (sulfide) groups is 1. The highest BCUT2D eigenvalue weighted by Crippen LogP contribution is 2.33. The number of aromatic nitrogens is 2. The average molecular weight is 312 g/mol. The van der Waals surface area contributed by atoms with Crippen LogP contribution in [0.1, 0.15) is 30.1 Å². The van der Waals surface area contributed by atoms with Gasteiger partial charge in [0.15, 0.2) is 5.82 Å². The number of anilines is 1. The van der Waals surface area contributed by atoms with E-state index >= 15 is 0 Å². The number of thiophene rings is 1. The van der Waals surface area contributed by atoms with Gasteiger partial charge in [-0.05, 0) is 26.3 Å². The minimum absolute atomic E-state index is 0.149. The van der Waals surface area contributed by atoms with Crippen molar-refractivity contribution in [2.24, 2.45) is 5.84 Å². The van der Waals surface area contributed by atoms with Gasteiger partial charge in [-0.25, -0.2) is 15.8 Å². The molecule has 0 bridgehead atoms. The normalized spacial score (nSPS) is 14.5. The molecular formula is C13H20N4OS2. The first-order valence-electron chi connectivity index (χ1n) is 6.47. The Balaban J connectivity index is 2.32. The number of nitrogen functional groups attached to an aromatic ring is 1.